The van der Waals surface area contributed by atoms with E-state index in [1.807, 2.05) is 6.92 Å². The first-order valence-electron chi connectivity index (χ1n) is 9.71. The number of piperazine rings is 1. The van der Waals surface area contributed by atoms with Gasteiger partial charge < -0.3 is 4.74 Å². The summed E-state index contributed by atoms with van der Waals surface area (Å²) in [5, 5.41) is 5.20. The van der Waals surface area contributed by atoms with Crippen molar-refractivity contribution in [1.82, 2.24) is 24.4 Å². The molecule has 0 unspecified atom stereocenters. The second-order valence-corrected chi connectivity index (χ2v) is 8.18. The minimum absolute atomic E-state index is 0.127. The SMILES string of the molecule is CCc1nn2c(=O)cc(CN3CCN(Cc4cc(F)ccc4OC)CC3)nc2s1. The van der Waals surface area contributed by atoms with Crippen LogP contribution in [0.1, 0.15) is 23.2 Å². The summed E-state index contributed by atoms with van der Waals surface area (Å²) in [4.78, 5) is 22.2. The van der Waals surface area contributed by atoms with Crippen molar-refractivity contribution < 1.29 is 9.13 Å². The number of aryl methyl sites for hydroxylation is 1. The van der Waals surface area contributed by atoms with Crippen LogP contribution in [0, 0.1) is 5.82 Å². The molecule has 1 saturated heterocycles. The summed E-state index contributed by atoms with van der Waals surface area (Å²) in [5.41, 5.74) is 1.51. The van der Waals surface area contributed by atoms with Crippen molar-refractivity contribution in [2.45, 2.75) is 26.4 Å². The number of methoxy groups -OCH3 is 1. The summed E-state index contributed by atoms with van der Waals surface area (Å²) in [5.74, 6) is 0.462. The number of ether oxygens (including phenoxy) is 1. The van der Waals surface area contributed by atoms with E-state index >= 15 is 0 Å². The van der Waals surface area contributed by atoms with E-state index in [1.165, 1.54) is 28.0 Å². The first kappa shape index (κ1) is 19.9. The summed E-state index contributed by atoms with van der Waals surface area (Å²) >= 11 is 1.47. The first-order valence-corrected chi connectivity index (χ1v) is 10.5. The maximum Gasteiger partial charge on any atom is 0.275 e. The Morgan fingerprint density at radius 3 is 2.55 bits per heavy atom. The highest BCUT2D eigenvalue weighted by Crippen LogP contribution is 2.22. The van der Waals surface area contributed by atoms with Gasteiger partial charge in [-0.05, 0) is 24.6 Å². The number of hydrogen-bond acceptors (Lipinski definition) is 7. The van der Waals surface area contributed by atoms with E-state index in [4.69, 9.17) is 4.74 Å². The molecular weight excluding hydrogens is 393 g/mol. The summed E-state index contributed by atoms with van der Waals surface area (Å²) in [6.45, 7) is 6.76. The minimum atomic E-state index is -0.249. The molecule has 0 amide bonds. The van der Waals surface area contributed by atoms with Crippen molar-refractivity contribution in [3.8, 4) is 5.75 Å². The second kappa shape index (κ2) is 8.56. The Balaban J connectivity index is 1.38. The van der Waals surface area contributed by atoms with Crippen LogP contribution in [0.15, 0.2) is 29.1 Å². The van der Waals surface area contributed by atoms with Crippen LogP contribution in [0.2, 0.25) is 0 Å². The number of nitrogens with zero attached hydrogens (tertiary/aromatic N) is 5. The predicted molar refractivity (Wildman–Crippen MR) is 110 cm³/mol. The molecule has 0 radical (unpaired) electrons. The maximum absolute atomic E-state index is 13.6. The topological polar surface area (TPSA) is 63.0 Å². The molecule has 29 heavy (non-hydrogen) atoms. The lowest BCUT2D eigenvalue weighted by Gasteiger charge is -2.34. The van der Waals surface area contributed by atoms with Gasteiger partial charge in [0.2, 0.25) is 4.96 Å². The number of aromatic nitrogens is 3. The molecule has 9 heteroatoms. The van der Waals surface area contributed by atoms with Gasteiger partial charge in [0.25, 0.3) is 5.56 Å². The summed E-state index contributed by atoms with van der Waals surface area (Å²) in [7, 11) is 1.60. The molecule has 0 atom stereocenters. The van der Waals surface area contributed by atoms with Crippen LogP contribution < -0.4 is 10.3 Å². The molecule has 1 aromatic carbocycles. The van der Waals surface area contributed by atoms with Crippen LogP contribution in [0.25, 0.3) is 4.96 Å². The fourth-order valence-corrected chi connectivity index (χ4v) is 4.42. The average Bonchev–Trinajstić information content (AvgIpc) is 3.14. The molecule has 0 bridgehead atoms. The lowest BCUT2D eigenvalue weighted by molar-refractivity contribution is 0.120. The number of benzene rings is 1. The van der Waals surface area contributed by atoms with Gasteiger partial charge in [-0.3, -0.25) is 14.6 Å². The Bertz CT molecular complexity index is 1060. The van der Waals surface area contributed by atoms with Crippen molar-refractivity contribution >= 4 is 16.3 Å². The van der Waals surface area contributed by atoms with Crippen LogP contribution in [0.5, 0.6) is 5.75 Å². The number of rotatable bonds is 6. The fourth-order valence-electron chi connectivity index (χ4n) is 3.57. The summed E-state index contributed by atoms with van der Waals surface area (Å²) in [6.07, 6.45) is 0.793. The van der Waals surface area contributed by atoms with Gasteiger partial charge in [0, 0.05) is 50.9 Å². The maximum atomic E-state index is 13.6. The number of hydrogen-bond donors (Lipinski definition) is 0. The predicted octanol–water partition coefficient (Wildman–Crippen LogP) is 2.18. The van der Waals surface area contributed by atoms with Crippen LogP contribution in [0.3, 0.4) is 0 Å². The second-order valence-electron chi connectivity index (χ2n) is 7.14. The van der Waals surface area contributed by atoms with Crippen molar-refractivity contribution in [3.05, 3.63) is 56.7 Å². The third-order valence-electron chi connectivity index (χ3n) is 5.13. The van der Waals surface area contributed by atoms with Gasteiger partial charge >= 0.3 is 0 Å². The largest absolute Gasteiger partial charge is 0.496 e. The van der Waals surface area contributed by atoms with Crippen molar-refractivity contribution in [2.75, 3.05) is 33.3 Å². The smallest absolute Gasteiger partial charge is 0.275 e. The van der Waals surface area contributed by atoms with Gasteiger partial charge in [-0.25, -0.2) is 9.37 Å². The molecule has 1 aliphatic rings. The van der Waals surface area contributed by atoms with E-state index < -0.39 is 0 Å². The molecule has 0 aliphatic carbocycles. The van der Waals surface area contributed by atoms with E-state index in [0.29, 0.717) is 23.8 Å². The fraction of sp³-hybridized carbons (Fsp3) is 0.450. The van der Waals surface area contributed by atoms with Crippen molar-refractivity contribution in [1.29, 1.82) is 0 Å². The molecule has 154 valence electrons. The Morgan fingerprint density at radius 1 is 1.14 bits per heavy atom. The molecule has 1 aliphatic heterocycles. The van der Waals surface area contributed by atoms with Crippen molar-refractivity contribution in [2.24, 2.45) is 0 Å². The lowest BCUT2D eigenvalue weighted by atomic mass is 10.1. The van der Waals surface area contributed by atoms with Crippen LogP contribution in [0.4, 0.5) is 4.39 Å². The zero-order valence-corrected chi connectivity index (χ0v) is 17.4. The van der Waals surface area contributed by atoms with Gasteiger partial charge in [0.15, 0.2) is 0 Å². The molecule has 7 nitrogen and oxygen atoms in total. The van der Waals surface area contributed by atoms with E-state index in [2.05, 4.69) is 19.9 Å². The van der Waals surface area contributed by atoms with E-state index in [-0.39, 0.29) is 11.4 Å². The summed E-state index contributed by atoms with van der Waals surface area (Å²) in [6, 6.07) is 6.21. The van der Waals surface area contributed by atoms with E-state index in [1.54, 1.807) is 19.2 Å². The molecular formula is C20H24FN5O2S. The monoisotopic (exact) mass is 417 g/mol. The van der Waals surface area contributed by atoms with Gasteiger partial charge in [0.1, 0.15) is 16.6 Å². The molecule has 2 aromatic heterocycles. The van der Waals surface area contributed by atoms with Crippen LogP contribution in [-0.2, 0) is 19.5 Å². The Morgan fingerprint density at radius 2 is 1.86 bits per heavy atom. The zero-order valence-electron chi connectivity index (χ0n) is 16.6. The Kier molecular flexibility index (Phi) is 5.89. The highest BCUT2D eigenvalue weighted by atomic mass is 32.1. The minimum Gasteiger partial charge on any atom is -0.496 e. The molecule has 0 saturated carbocycles. The number of fused-ring (bicyclic) bond motifs is 1. The Labute approximate surface area is 172 Å². The highest BCUT2D eigenvalue weighted by Gasteiger charge is 2.20. The molecule has 3 heterocycles. The average molecular weight is 418 g/mol. The quantitative estimate of drug-likeness (QED) is 0.613. The Hall–Kier alpha value is -2.36. The first-order chi connectivity index (χ1) is 14.1. The van der Waals surface area contributed by atoms with Crippen LogP contribution in [-0.4, -0.2) is 57.7 Å². The van der Waals surface area contributed by atoms with Gasteiger partial charge in [0.05, 0.1) is 12.8 Å². The third-order valence-corrected chi connectivity index (χ3v) is 6.18. The van der Waals surface area contributed by atoms with Gasteiger partial charge in [-0.1, -0.05) is 18.3 Å². The standard InChI is InChI=1S/C20H24FN5O2S/c1-3-18-23-26-19(27)11-16(22-20(26)29-18)13-25-8-6-24(7-9-25)12-14-10-15(21)4-5-17(14)28-2/h4-5,10-11H,3,6-9,12-13H2,1-2H3. The molecule has 0 spiro atoms. The van der Waals surface area contributed by atoms with E-state index in [9.17, 15) is 9.18 Å². The molecule has 0 N–H and O–H groups in total. The third kappa shape index (κ3) is 4.47. The van der Waals surface area contributed by atoms with E-state index in [0.717, 1.165) is 48.9 Å². The van der Waals surface area contributed by atoms with Crippen LogP contribution >= 0.6 is 11.3 Å². The lowest BCUT2D eigenvalue weighted by Crippen LogP contribution is -2.45. The summed E-state index contributed by atoms with van der Waals surface area (Å²) < 4.78 is 20.3. The number of halogens is 1. The van der Waals surface area contributed by atoms with Gasteiger partial charge in [-0.2, -0.15) is 9.61 Å². The van der Waals surface area contributed by atoms with Gasteiger partial charge in [-0.15, -0.1) is 0 Å². The molecule has 1 fully saturated rings. The molecule has 3 aromatic rings. The highest BCUT2D eigenvalue weighted by molar-refractivity contribution is 7.16. The molecule has 4 rings (SSSR count). The normalized spacial score (nSPS) is 15.8. The zero-order chi connectivity index (χ0) is 20.4. The van der Waals surface area contributed by atoms with Crippen molar-refractivity contribution in [3.63, 3.8) is 0 Å².